The van der Waals surface area contributed by atoms with Crippen LogP contribution in [0.1, 0.15) is 55.7 Å². The van der Waals surface area contributed by atoms with Gasteiger partial charge in [0.25, 0.3) is 5.91 Å². The number of nitrogens with zero attached hydrogens (tertiary/aromatic N) is 5. The summed E-state index contributed by atoms with van der Waals surface area (Å²) >= 11 is 1.28. The van der Waals surface area contributed by atoms with Crippen LogP contribution in [-0.2, 0) is 4.79 Å². The van der Waals surface area contributed by atoms with E-state index in [1.165, 1.54) is 11.5 Å². The first kappa shape index (κ1) is 27.2. The van der Waals surface area contributed by atoms with Crippen LogP contribution >= 0.6 is 11.5 Å². The number of carbonyl (C=O) groups excluding carboxylic acids is 2. The molecular formula is C25H39N9O2S. The number of likely N-dealkylation sites (tertiary alicyclic amines) is 1. The molecule has 0 spiro atoms. The largest absolute Gasteiger partial charge is 0.364 e. The molecule has 2 amide bonds. The second kappa shape index (κ2) is 12.6. The zero-order valence-electron chi connectivity index (χ0n) is 22.0. The van der Waals surface area contributed by atoms with Gasteiger partial charge in [-0.15, -0.1) is 0 Å². The van der Waals surface area contributed by atoms with Crippen LogP contribution in [0.25, 0.3) is 0 Å². The minimum Gasteiger partial charge on any atom is -0.364 e. The molecule has 1 unspecified atom stereocenters. The summed E-state index contributed by atoms with van der Waals surface area (Å²) in [7, 11) is 0. The highest BCUT2D eigenvalue weighted by Gasteiger charge is 2.32. The van der Waals surface area contributed by atoms with Gasteiger partial charge in [-0.05, 0) is 63.3 Å². The molecule has 0 bridgehead atoms. The van der Waals surface area contributed by atoms with Crippen LogP contribution in [0.2, 0.25) is 0 Å². The summed E-state index contributed by atoms with van der Waals surface area (Å²) in [5, 5.41) is 10.5. The van der Waals surface area contributed by atoms with Gasteiger partial charge in [0.05, 0.1) is 11.9 Å². The first-order valence-electron chi connectivity index (χ1n) is 13.3. The van der Waals surface area contributed by atoms with E-state index in [1.54, 1.807) is 6.20 Å². The lowest BCUT2D eigenvalue weighted by molar-refractivity contribution is -0.127. The molecule has 3 aliphatic heterocycles. The highest BCUT2D eigenvalue weighted by molar-refractivity contribution is 7.10. The van der Waals surface area contributed by atoms with Crippen molar-refractivity contribution < 1.29 is 9.59 Å². The number of amides is 2. The SMILES string of the molecule is CC.Cc1cc(Nc2nc(N3CCCC(NC(=O)C4CCN(C5CNC5)CC4)C3)cnc2C(N)=O)sn1. The van der Waals surface area contributed by atoms with E-state index in [1.807, 2.05) is 26.8 Å². The highest BCUT2D eigenvalue weighted by atomic mass is 32.1. The van der Waals surface area contributed by atoms with Gasteiger partial charge in [0.15, 0.2) is 11.5 Å². The number of anilines is 3. The van der Waals surface area contributed by atoms with E-state index in [-0.39, 0.29) is 23.6 Å². The normalized spacial score (nSPS) is 20.9. The minimum atomic E-state index is -0.642. The average Bonchev–Trinajstić information content (AvgIpc) is 3.29. The number of rotatable bonds is 7. The number of piperidine rings is 2. The van der Waals surface area contributed by atoms with E-state index in [4.69, 9.17) is 5.73 Å². The number of aryl methyl sites for hydroxylation is 1. The van der Waals surface area contributed by atoms with Gasteiger partial charge >= 0.3 is 0 Å². The summed E-state index contributed by atoms with van der Waals surface area (Å²) in [6.45, 7) is 11.5. The third-order valence-corrected chi connectivity index (χ3v) is 7.93. The lowest BCUT2D eigenvalue weighted by atomic mass is 9.93. The average molecular weight is 530 g/mol. The number of primary amides is 1. The Hall–Kier alpha value is -2.83. The third-order valence-electron chi connectivity index (χ3n) is 7.13. The van der Waals surface area contributed by atoms with Crippen molar-refractivity contribution in [1.82, 2.24) is 29.9 Å². The van der Waals surface area contributed by atoms with Crippen LogP contribution in [0.5, 0.6) is 0 Å². The lowest BCUT2D eigenvalue weighted by Gasteiger charge is -2.42. The van der Waals surface area contributed by atoms with Gasteiger partial charge in [-0.25, -0.2) is 9.97 Å². The molecule has 5 heterocycles. The molecule has 3 saturated heterocycles. The summed E-state index contributed by atoms with van der Waals surface area (Å²) in [5.41, 5.74) is 6.49. The number of nitrogens with one attached hydrogen (secondary N) is 3. The first-order valence-corrected chi connectivity index (χ1v) is 14.1. The van der Waals surface area contributed by atoms with Crippen LogP contribution in [-0.4, -0.2) is 82.4 Å². The zero-order chi connectivity index (χ0) is 26.4. The molecule has 1 atom stereocenters. The Morgan fingerprint density at radius 2 is 1.92 bits per heavy atom. The maximum absolute atomic E-state index is 13.0. The van der Waals surface area contributed by atoms with E-state index in [0.29, 0.717) is 24.2 Å². The van der Waals surface area contributed by atoms with Gasteiger partial charge in [0.2, 0.25) is 5.91 Å². The highest BCUT2D eigenvalue weighted by Crippen LogP contribution is 2.26. The number of nitrogens with two attached hydrogens (primary N) is 1. The smallest absolute Gasteiger partial charge is 0.271 e. The quantitative estimate of drug-likeness (QED) is 0.423. The molecule has 5 rings (SSSR count). The van der Waals surface area contributed by atoms with E-state index < -0.39 is 5.91 Å². The third kappa shape index (κ3) is 6.74. The van der Waals surface area contributed by atoms with Gasteiger partial charge in [0.1, 0.15) is 10.8 Å². The summed E-state index contributed by atoms with van der Waals surface area (Å²) in [4.78, 5) is 38.5. The van der Waals surface area contributed by atoms with Crippen molar-refractivity contribution in [1.29, 1.82) is 0 Å². The fourth-order valence-electron chi connectivity index (χ4n) is 5.02. The second-order valence-corrected chi connectivity index (χ2v) is 10.5. The molecule has 5 N–H and O–H groups in total. The molecule has 202 valence electrons. The Kier molecular flexibility index (Phi) is 9.28. The molecule has 3 fully saturated rings. The molecule has 37 heavy (non-hydrogen) atoms. The van der Waals surface area contributed by atoms with Gasteiger partial charge in [-0.1, -0.05) is 13.8 Å². The molecule has 2 aromatic rings. The van der Waals surface area contributed by atoms with E-state index >= 15 is 0 Å². The maximum Gasteiger partial charge on any atom is 0.271 e. The maximum atomic E-state index is 13.0. The van der Waals surface area contributed by atoms with E-state index in [0.717, 1.165) is 69.1 Å². The second-order valence-electron chi connectivity index (χ2n) is 9.66. The van der Waals surface area contributed by atoms with Crippen LogP contribution in [0.4, 0.5) is 16.6 Å². The predicted molar refractivity (Wildman–Crippen MR) is 146 cm³/mol. The summed E-state index contributed by atoms with van der Waals surface area (Å²) < 4.78 is 4.25. The fourth-order valence-corrected chi connectivity index (χ4v) is 5.68. The molecule has 0 aromatic carbocycles. The minimum absolute atomic E-state index is 0.0586. The predicted octanol–water partition coefficient (Wildman–Crippen LogP) is 1.88. The molecule has 2 aromatic heterocycles. The van der Waals surface area contributed by atoms with Gasteiger partial charge < -0.3 is 26.6 Å². The Morgan fingerprint density at radius 1 is 1.16 bits per heavy atom. The van der Waals surface area contributed by atoms with Gasteiger partial charge in [0, 0.05) is 44.2 Å². The van der Waals surface area contributed by atoms with Crippen molar-refractivity contribution in [2.75, 3.05) is 49.5 Å². The van der Waals surface area contributed by atoms with Gasteiger partial charge in [-0.2, -0.15) is 4.37 Å². The monoisotopic (exact) mass is 529 g/mol. The first-order chi connectivity index (χ1) is 18.0. The van der Waals surface area contributed by atoms with Crippen molar-refractivity contribution >= 4 is 40.0 Å². The number of carbonyl (C=O) groups is 2. The summed E-state index contributed by atoms with van der Waals surface area (Å²) in [6, 6.07) is 2.58. The van der Waals surface area contributed by atoms with E-state index in [9.17, 15) is 9.59 Å². The standard InChI is InChI=1S/C23H33N9O2S.C2H6/c1-14-9-19(35-30-14)29-22-20(21(24)33)26-12-18(28-22)32-6-2-3-16(13-32)27-23(34)15-4-7-31(8-5-15)17-10-25-11-17;1-2/h9,12,15-17,25H,2-8,10-11,13H2,1H3,(H2,24,33)(H,27,34)(H,28,29);1-2H3. The van der Waals surface area contributed by atoms with E-state index in [2.05, 4.69) is 40.1 Å². The number of hydrogen-bond acceptors (Lipinski definition) is 10. The topological polar surface area (TPSA) is 141 Å². The van der Waals surface area contributed by atoms with Crippen molar-refractivity contribution in [3.8, 4) is 0 Å². The number of aromatic nitrogens is 3. The van der Waals surface area contributed by atoms with Crippen LogP contribution in [0.15, 0.2) is 12.3 Å². The Labute approximate surface area is 222 Å². The van der Waals surface area contributed by atoms with Crippen LogP contribution in [0, 0.1) is 12.8 Å². The van der Waals surface area contributed by atoms with Gasteiger partial charge in [-0.3, -0.25) is 14.5 Å². The molecule has 3 aliphatic rings. The Morgan fingerprint density at radius 3 is 2.54 bits per heavy atom. The molecule has 0 saturated carbocycles. The van der Waals surface area contributed by atoms with Crippen molar-refractivity contribution in [3.63, 3.8) is 0 Å². The Balaban J connectivity index is 0.00000156. The number of hydrogen-bond donors (Lipinski definition) is 4. The van der Waals surface area contributed by atoms with Crippen molar-refractivity contribution in [3.05, 3.63) is 23.7 Å². The molecule has 11 nitrogen and oxygen atoms in total. The van der Waals surface area contributed by atoms with Crippen LogP contribution < -0.4 is 26.6 Å². The molecule has 0 aliphatic carbocycles. The van der Waals surface area contributed by atoms with Crippen molar-refractivity contribution in [2.24, 2.45) is 11.7 Å². The van der Waals surface area contributed by atoms with Crippen molar-refractivity contribution in [2.45, 2.75) is 58.5 Å². The summed E-state index contributed by atoms with van der Waals surface area (Å²) in [6.07, 6.45) is 5.30. The molecule has 0 radical (unpaired) electrons. The Bertz CT molecular complexity index is 1070. The summed E-state index contributed by atoms with van der Waals surface area (Å²) in [5.74, 6) is 0.582. The molecule has 12 heteroatoms. The zero-order valence-corrected chi connectivity index (χ0v) is 22.8. The van der Waals surface area contributed by atoms with Crippen LogP contribution in [0.3, 0.4) is 0 Å². The lowest BCUT2D eigenvalue weighted by Crippen LogP contribution is -2.59. The fraction of sp³-hybridized carbons (Fsp3) is 0.640. The molecular weight excluding hydrogens is 490 g/mol.